The summed E-state index contributed by atoms with van der Waals surface area (Å²) in [4.78, 5) is 27.8. The molecule has 2 aromatic heterocycles. The second-order valence-electron chi connectivity index (χ2n) is 6.99. The number of aromatic nitrogens is 5. The molecule has 0 spiro atoms. The summed E-state index contributed by atoms with van der Waals surface area (Å²) in [6.45, 7) is 0. The number of nitrogens with two attached hydrogens (primary N) is 1. The van der Waals surface area contributed by atoms with Gasteiger partial charge in [-0.3, -0.25) is 19.8 Å². The first-order chi connectivity index (χ1) is 15.1. The number of hydrogen-bond donors (Lipinski definition) is 3. The van der Waals surface area contributed by atoms with Crippen LogP contribution in [-0.4, -0.2) is 37.1 Å². The SMILES string of the molecule is NC(=O)C(=O)c1cccc(-c2cc(-c3ncn[nH]3)ccc2-c2n[nH]c3ccccc23)c1. The first-order valence-electron chi connectivity index (χ1n) is 9.49. The normalized spacial score (nSPS) is 11.0. The highest BCUT2D eigenvalue weighted by Crippen LogP contribution is 2.37. The molecule has 0 radical (unpaired) electrons. The third kappa shape index (κ3) is 3.25. The molecule has 0 aliphatic carbocycles. The van der Waals surface area contributed by atoms with Crippen molar-refractivity contribution in [2.24, 2.45) is 5.73 Å². The molecule has 0 bridgehead atoms. The number of Topliss-reactive ketones (excluding diaryl/α,β-unsaturated/α-hetero) is 1. The number of nitrogens with one attached hydrogen (secondary N) is 2. The summed E-state index contributed by atoms with van der Waals surface area (Å²) in [5.41, 5.74) is 10.4. The molecule has 0 fully saturated rings. The van der Waals surface area contributed by atoms with Gasteiger partial charge in [-0.1, -0.05) is 48.5 Å². The van der Waals surface area contributed by atoms with E-state index in [9.17, 15) is 9.59 Å². The number of benzene rings is 3. The van der Waals surface area contributed by atoms with E-state index in [1.165, 1.54) is 6.33 Å². The Morgan fingerprint density at radius 1 is 0.839 bits per heavy atom. The number of nitrogens with zero attached hydrogens (tertiary/aromatic N) is 3. The number of carbonyl (C=O) groups is 2. The third-order valence-electron chi connectivity index (χ3n) is 5.09. The van der Waals surface area contributed by atoms with Crippen LogP contribution in [0.3, 0.4) is 0 Å². The Hall–Kier alpha value is -4.59. The molecule has 5 rings (SSSR count). The largest absolute Gasteiger partial charge is 0.363 e. The zero-order valence-electron chi connectivity index (χ0n) is 16.2. The van der Waals surface area contributed by atoms with Gasteiger partial charge in [-0.15, -0.1) is 0 Å². The van der Waals surface area contributed by atoms with E-state index in [0.717, 1.165) is 38.9 Å². The van der Waals surface area contributed by atoms with Gasteiger partial charge in [0.15, 0.2) is 5.82 Å². The highest BCUT2D eigenvalue weighted by Gasteiger charge is 2.18. The van der Waals surface area contributed by atoms with Gasteiger partial charge in [0.1, 0.15) is 12.0 Å². The number of fused-ring (bicyclic) bond motifs is 1. The average molecular weight is 408 g/mol. The lowest BCUT2D eigenvalue weighted by molar-refractivity contribution is -0.114. The number of primary amides is 1. The zero-order chi connectivity index (χ0) is 21.4. The maximum absolute atomic E-state index is 12.2. The van der Waals surface area contributed by atoms with Crippen LogP contribution in [0.15, 0.2) is 73.1 Å². The Bertz CT molecular complexity index is 1440. The van der Waals surface area contributed by atoms with Gasteiger partial charge in [-0.2, -0.15) is 10.2 Å². The number of para-hydroxylation sites is 1. The molecule has 5 aromatic rings. The average Bonchev–Trinajstić information content (AvgIpc) is 3.48. The molecular formula is C23H16N6O2. The van der Waals surface area contributed by atoms with Crippen molar-refractivity contribution in [1.82, 2.24) is 25.4 Å². The van der Waals surface area contributed by atoms with Crippen LogP contribution in [0.4, 0.5) is 0 Å². The monoisotopic (exact) mass is 408 g/mol. The van der Waals surface area contributed by atoms with Crippen LogP contribution in [-0.2, 0) is 4.79 Å². The summed E-state index contributed by atoms with van der Waals surface area (Å²) in [6.07, 6.45) is 1.44. The standard InChI is InChI=1S/C23H16N6O2/c24-22(31)21(30)14-5-3-4-13(10-14)18-11-15(23-25-12-26-29-23)8-9-16(18)20-17-6-1-2-7-19(17)27-28-20/h1-12H,(H2,24,31)(H,27,28)(H,25,26,29). The van der Waals surface area contributed by atoms with Crippen LogP contribution in [0.25, 0.3) is 44.7 Å². The smallest absolute Gasteiger partial charge is 0.289 e. The molecule has 2 heterocycles. The lowest BCUT2D eigenvalue weighted by atomic mass is 9.92. The molecule has 0 saturated heterocycles. The minimum absolute atomic E-state index is 0.230. The summed E-state index contributed by atoms with van der Waals surface area (Å²) in [5, 5.41) is 15.3. The minimum atomic E-state index is -0.994. The van der Waals surface area contributed by atoms with Gasteiger partial charge in [0.05, 0.1) is 5.52 Å². The molecule has 0 saturated carbocycles. The first-order valence-corrected chi connectivity index (χ1v) is 9.49. The van der Waals surface area contributed by atoms with Crippen molar-refractivity contribution in [2.75, 3.05) is 0 Å². The Morgan fingerprint density at radius 2 is 1.71 bits per heavy atom. The number of rotatable bonds is 5. The molecule has 0 atom stereocenters. The molecule has 0 unspecified atom stereocenters. The highest BCUT2D eigenvalue weighted by molar-refractivity contribution is 6.42. The Kier molecular flexibility index (Phi) is 4.37. The lowest BCUT2D eigenvalue weighted by Gasteiger charge is -2.11. The van der Waals surface area contributed by atoms with Gasteiger partial charge >= 0.3 is 0 Å². The van der Waals surface area contributed by atoms with E-state index >= 15 is 0 Å². The predicted octanol–water partition coefficient (Wildman–Crippen LogP) is 3.35. The molecule has 0 aliphatic rings. The van der Waals surface area contributed by atoms with Gasteiger partial charge in [-0.05, 0) is 29.3 Å². The summed E-state index contributed by atoms with van der Waals surface area (Å²) in [5.74, 6) is -1.12. The van der Waals surface area contributed by atoms with Crippen molar-refractivity contribution in [3.05, 3.63) is 78.6 Å². The van der Waals surface area contributed by atoms with Crippen molar-refractivity contribution in [2.45, 2.75) is 0 Å². The van der Waals surface area contributed by atoms with Gasteiger partial charge in [0.2, 0.25) is 5.78 Å². The quantitative estimate of drug-likeness (QED) is 0.303. The van der Waals surface area contributed by atoms with Crippen LogP contribution in [0.1, 0.15) is 10.4 Å². The first kappa shape index (κ1) is 18.4. The maximum Gasteiger partial charge on any atom is 0.289 e. The second kappa shape index (κ2) is 7.34. The number of ketones is 1. The minimum Gasteiger partial charge on any atom is -0.363 e. The topological polar surface area (TPSA) is 130 Å². The summed E-state index contributed by atoms with van der Waals surface area (Å²) in [6, 6.07) is 20.5. The second-order valence-corrected chi connectivity index (χ2v) is 6.99. The number of carbonyl (C=O) groups excluding carboxylic acids is 2. The molecule has 3 aromatic carbocycles. The van der Waals surface area contributed by atoms with Crippen LogP contribution in [0.2, 0.25) is 0 Å². The predicted molar refractivity (Wildman–Crippen MR) is 116 cm³/mol. The van der Waals surface area contributed by atoms with Crippen LogP contribution in [0, 0.1) is 0 Å². The molecule has 8 heteroatoms. The molecule has 31 heavy (non-hydrogen) atoms. The number of aromatic amines is 2. The van der Waals surface area contributed by atoms with E-state index < -0.39 is 11.7 Å². The van der Waals surface area contributed by atoms with Gasteiger partial charge in [0, 0.05) is 22.1 Å². The van der Waals surface area contributed by atoms with Crippen molar-refractivity contribution in [1.29, 1.82) is 0 Å². The summed E-state index contributed by atoms with van der Waals surface area (Å²) in [7, 11) is 0. The molecule has 150 valence electrons. The fraction of sp³-hybridized carbons (Fsp3) is 0. The molecule has 0 aliphatic heterocycles. The van der Waals surface area contributed by atoms with Crippen LogP contribution >= 0.6 is 0 Å². The van der Waals surface area contributed by atoms with E-state index in [0.29, 0.717) is 5.82 Å². The highest BCUT2D eigenvalue weighted by atomic mass is 16.2. The fourth-order valence-electron chi connectivity index (χ4n) is 3.62. The molecule has 4 N–H and O–H groups in total. The third-order valence-corrected chi connectivity index (χ3v) is 5.09. The summed E-state index contributed by atoms with van der Waals surface area (Å²) < 4.78 is 0. The van der Waals surface area contributed by atoms with Crippen molar-refractivity contribution in [3.8, 4) is 33.8 Å². The Morgan fingerprint density at radius 3 is 2.52 bits per heavy atom. The lowest BCUT2D eigenvalue weighted by Crippen LogP contribution is -2.22. The zero-order valence-corrected chi connectivity index (χ0v) is 16.2. The molecule has 1 amide bonds. The molecule has 8 nitrogen and oxygen atoms in total. The van der Waals surface area contributed by atoms with Crippen LogP contribution < -0.4 is 5.73 Å². The van der Waals surface area contributed by atoms with E-state index in [1.54, 1.807) is 18.2 Å². The van der Waals surface area contributed by atoms with E-state index in [1.807, 2.05) is 48.5 Å². The summed E-state index contributed by atoms with van der Waals surface area (Å²) >= 11 is 0. The van der Waals surface area contributed by atoms with Gasteiger partial charge in [0.25, 0.3) is 5.91 Å². The van der Waals surface area contributed by atoms with Crippen LogP contribution in [0.5, 0.6) is 0 Å². The fourth-order valence-corrected chi connectivity index (χ4v) is 3.62. The number of H-pyrrole nitrogens is 2. The number of hydrogen-bond acceptors (Lipinski definition) is 5. The number of amides is 1. The van der Waals surface area contributed by atoms with Crippen molar-refractivity contribution >= 4 is 22.6 Å². The Labute approximate surface area is 176 Å². The van der Waals surface area contributed by atoms with E-state index in [-0.39, 0.29) is 5.56 Å². The molecular weight excluding hydrogens is 392 g/mol. The van der Waals surface area contributed by atoms with E-state index in [4.69, 9.17) is 5.73 Å². The Balaban J connectivity index is 1.74. The van der Waals surface area contributed by atoms with Gasteiger partial charge < -0.3 is 5.73 Å². The van der Waals surface area contributed by atoms with Gasteiger partial charge in [-0.25, -0.2) is 4.98 Å². The van der Waals surface area contributed by atoms with Crippen molar-refractivity contribution < 1.29 is 9.59 Å². The van der Waals surface area contributed by atoms with Crippen molar-refractivity contribution in [3.63, 3.8) is 0 Å². The maximum atomic E-state index is 12.2. The van der Waals surface area contributed by atoms with E-state index in [2.05, 4.69) is 25.4 Å².